The van der Waals surface area contributed by atoms with Crippen LogP contribution in [-0.2, 0) is 9.47 Å². The molecule has 100 valence electrons. The molecule has 0 radical (unpaired) electrons. The van der Waals surface area contributed by atoms with Crippen molar-refractivity contribution < 1.29 is 19.1 Å². The highest BCUT2D eigenvalue weighted by Gasteiger charge is 2.19. The van der Waals surface area contributed by atoms with Crippen molar-refractivity contribution in [2.45, 2.75) is 0 Å². The predicted molar refractivity (Wildman–Crippen MR) is 60.4 cm³/mol. The first-order valence-electron chi connectivity index (χ1n) is 5.92. The Morgan fingerprint density at radius 1 is 0.722 bits per heavy atom. The van der Waals surface area contributed by atoms with E-state index in [1.165, 1.54) is 9.80 Å². The van der Waals surface area contributed by atoms with Crippen molar-refractivity contribution in [2.75, 3.05) is 52.6 Å². The zero-order chi connectivity index (χ0) is 12.8. The zero-order valence-corrected chi connectivity index (χ0v) is 10.1. The van der Waals surface area contributed by atoms with E-state index in [1.807, 2.05) is 0 Å². The number of azo groups is 1. The van der Waals surface area contributed by atoms with Gasteiger partial charge in [0.25, 0.3) is 0 Å². The normalized spacial score (nSPS) is 21.3. The molecule has 2 aliphatic rings. The average Bonchev–Trinajstić information content (AvgIpc) is 2.46. The fourth-order valence-electron chi connectivity index (χ4n) is 1.72. The van der Waals surface area contributed by atoms with Gasteiger partial charge in [-0.3, -0.25) is 0 Å². The molecule has 0 spiro atoms. The lowest BCUT2D eigenvalue weighted by Crippen LogP contribution is -2.40. The van der Waals surface area contributed by atoms with Gasteiger partial charge in [-0.15, -0.1) is 0 Å². The van der Waals surface area contributed by atoms with Gasteiger partial charge in [0, 0.05) is 26.2 Å². The van der Waals surface area contributed by atoms with Gasteiger partial charge in [-0.2, -0.15) is 0 Å². The minimum absolute atomic E-state index is 0.486. The standard InChI is InChI=1S/C10H16N4O4/c15-9(13-1-5-17-6-2-13)11-12-10(16)14-3-7-18-8-4-14/h1-8H2. The topological polar surface area (TPSA) is 83.8 Å². The van der Waals surface area contributed by atoms with Crippen LogP contribution in [0.15, 0.2) is 10.2 Å². The second-order valence-electron chi connectivity index (χ2n) is 3.96. The molecule has 4 amide bonds. The number of rotatable bonds is 0. The molecule has 8 heteroatoms. The predicted octanol–water partition coefficient (Wildman–Crippen LogP) is 0.343. The van der Waals surface area contributed by atoms with Gasteiger partial charge < -0.3 is 19.3 Å². The van der Waals surface area contributed by atoms with E-state index in [2.05, 4.69) is 10.2 Å². The number of morpholine rings is 2. The number of urea groups is 2. The van der Waals surface area contributed by atoms with Crippen molar-refractivity contribution in [3.63, 3.8) is 0 Å². The monoisotopic (exact) mass is 256 g/mol. The van der Waals surface area contributed by atoms with E-state index in [4.69, 9.17) is 9.47 Å². The lowest BCUT2D eigenvalue weighted by Gasteiger charge is -2.25. The molecule has 0 aromatic rings. The third-order valence-corrected chi connectivity index (χ3v) is 2.78. The Kier molecular flexibility index (Phi) is 4.59. The highest BCUT2D eigenvalue weighted by atomic mass is 16.5. The molecule has 2 fully saturated rings. The SMILES string of the molecule is O=C(N=NC(=O)N1CCOCC1)N1CCOCC1. The Labute approximate surface area is 105 Å². The number of hydrogen-bond acceptors (Lipinski definition) is 4. The van der Waals surface area contributed by atoms with Crippen LogP contribution in [-0.4, -0.2) is 74.5 Å². The summed E-state index contributed by atoms with van der Waals surface area (Å²) in [6.07, 6.45) is 0. The molecule has 8 nitrogen and oxygen atoms in total. The molecule has 18 heavy (non-hydrogen) atoms. The molecule has 0 bridgehead atoms. The highest BCUT2D eigenvalue weighted by Crippen LogP contribution is 2.03. The first-order chi connectivity index (χ1) is 8.77. The van der Waals surface area contributed by atoms with Crippen LogP contribution in [0.25, 0.3) is 0 Å². The number of carbonyl (C=O) groups excluding carboxylic acids is 2. The van der Waals surface area contributed by atoms with Crippen LogP contribution >= 0.6 is 0 Å². The first-order valence-corrected chi connectivity index (χ1v) is 5.92. The number of carbonyl (C=O) groups is 2. The van der Waals surface area contributed by atoms with Crippen LogP contribution in [0.4, 0.5) is 9.59 Å². The molecular formula is C10H16N4O4. The number of nitrogens with zero attached hydrogens (tertiary/aromatic N) is 4. The number of amides is 4. The van der Waals surface area contributed by atoms with Crippen LogP contribution in [0.3, 0.4) is 0 Å². The lowest BCUT2D eigenvalue weighted by atomic mass is 10.4. The van der Waals surface area contributed by atoms with E-state index in [1.54, 1.807) is 0 Å². The van der Waals surface area contributed by atoms with E-state index in [9.17, 15) is 9.59 Å². The largest absolute Gasteiger partial charge is 0.378 e. The summed E-state index contributed by atoms with van der Waals surface area (Å²) >= 11 is 0. The summed E-state index contributed by atoms with van der Waals surface area (Å²) in [7, 11) is 0. The van der Waals surface area contributed by atoms with Gasteiger partial charge in [0.1, 0.15) is 0 Å². The van der Waals surface area contributed by atoms with Crippen molar-refractivity contribution in [1.82, 2.24) is 9.80 Å². The molecule has 2 rings (SSSR count). The second kappa shape index (κ2) is 6.41. The summed E-state index contributed by atoms with van der Waals surface area (Å²) in [5, 5.41) is 6.89. The van der Waals surface area contributed by atoms with Gasteiger partial charge in [-0.1, -0.05) is 10.2 Å². The third-order valence-electron chi connectivity index (χ3n) is 2.78. The van der Waals surface area contributed by atoms with Gasteiger partial charge in [0.15, 0.2) is 0 Å². The Hall–Kier alpha value is -1.54. The fourth-order valence-corrected chi connectivity index (χ4v) is 1.72. The van der Waals surface area contributed by atoms with E-state index in [-0.39, 0.29) is 0 Å². The van der Waals surface area contributed by atoms with Gasteiger partial charge >= 0.3 is 12.1 Å². The number of ether oxygens (including phenoxy) is 2. The van der Waals surface area contributed by atoms with E-state index >= 15 is 0 Å². The summed E-state index contributed by atoms with van der Waals surface area (Å²) in [4.78, 5) is 26.2. The molecule has 2 aliphatic heterocycles. The first kappa shape index (κ1) is 12.9. The van der Waals surface area contributed by atoms with Crippen molar-refractivity contribution in [3.05, 3.63) is 0 Å². The maximum Gasteiger partial charge on any atom is 0.362 e. The maximum absolute atomic E-state index is 11.6. The molecule has 2 heterocycles. The Balaban J connectivity index is 1.81. The number of hydrogen-bond donors (Lipinski definition) is 0. The van der Waals surface area contributed by atoms with Gasteiger partial charge in [0.05, 0.1) is 26.4 Å². The summed E-state index contributed by atoms with van der Waals surface area (Å²) in [5.41, 5.74) is 0. The summed E-state index contributed by atoms with van der Waals surface area (Å²) in [6.45, 7) is 3.95. The van der Waals surface area contributed by atoms with Gasteiger partial charge in [0.2, 0.25) is 0 Å². The second-order valence-corrected chi connectivity index (χ2v) is 3.96. The van der Waals surface area contributed by atoms with E-state index in [0.29, 0.717) is 52.6 Å². The molecule has 0 aromatic carbocycles. The summed E-state index contributed by atoms with van der Waals surface area (Å²) in [5.74, 6) is 0. The molecular weight excluding hydrogens is 240 g/mol. The average molecular weight is 256 g/mol. The van der Waals surface area contributed by atoms with E-state index in [0.717, 1.165) is 0 Å². The molecule has 0 N–H and O–H groups in total. The minimum Gasteiger partial charge on any atom is -0.378 e. The zero-order valence-electron chi connectivity index (χ0n) is 10.1. The smallest absolute Gasteiger partial charge is 0.362 e. The van der Waals surface area contributed by atoms with Crippen LogP contribution in [0.5, 0.6) is 0 Å². The van der Waals surface area contributed by atoms with Crippen LogP contribution in [0.2, 0.25) is 0 Å². The van der Waals surface area contributed by atoms with Crippen molar-refractivity contribution in [2.24, 2.45) is 10.2 Å². The van der Waals surface area contributed by atoms with E-state index < -0.39 is 12.1 Å². The minimum atomic E-state index is -0.486. The molecule has 0 atom stereocenters. The maximum atomic E-state index is 11.6. The molecule has 0 aliphatic carbocycles. The third kappa shape index (κ3) is 3.47. The summed E-state index contributed by atoms with van der Waals surface area (Å²) in [6, 6.07) is -0.972. The quantitative estimate of drug-likeness (QED) is 0.585. The Morgan fingerprint density at radius 3 is 1.39 bits per heavy atom. The van der Waals surface area contributed by atoms with Crippen LogP contribution in [0, 0.1) is 0 Å². The summed E-state index contributed by atoms with van der Waals surface area (Å²) < 4.78 is 10.2. The van der Waals surface area contributed by atoms with Crippen molar-refractivity contribution >= 4 is 12.1 Å². The van der Waals surface area contributed by atoms with Gasteiger partial charge in [-0.05, 0) is 0 Å². The fraction of sp³-hybridized carbons (Fsp3) is 0.800. The molecule has 2 saturated heterocycles. The van der Waals surface area contributed by atoms with Crippen LogP contribution < -0.4 is 0 Å². The lowest BCUT2D eigenvalue weighted by molar-refractivity contribution is 0.0532. The molecule has 0 aromatic heterocycles. The Bertz CT molecular complexity index is 303. The molecule has 0 unspecified atom stereocenters. The van der Waals surface area contributed by atoms with Crippen LogP contribution in [0.1, 0.15) is 0 Å². The molecule has 0 saturated carbocycles. The van der Waals surface area contributed by atoms with Crippen molar-refractivity contribution in [1.29, 1.82) is 0 Å². The Morgan fingerprint density at radius 2 is 1.06 bits per heavy atom. The van der Waals surface area contributed by atoms with Gasteiger partial charge in [-0.25, -0.2) is 9.59 Å². The van der Waals surface area contributed by atoms with Crippen molar-refractivity contribution in [3.8, 4) is 0 Å². The highest BCUT2D eigenvalue weighted by molar-refractivity contribution is 5.79.